The molecule has 1 heterocycles. The molecule has 1 rings (SSSR count). The molecule has 0 unspecified atom stereocenters. The first-order valence-corrected chi connectivity index (χ1v) is 9.35. The van der Waals surface area contributed by atoms with Crippen LogP contribution < -0.4 is 10.9 Å². The summed E-state index contributed by atoms with van der Waals surface area (Å²) in [6, 6.07) is 1.44. The van der Waals surface area contributed by atoms with Crippen molar-refractivity contribution >= 4 is 29.7 Å². The smallest absolute Gasteiger partial charge is 0.413 e. The van der Waals surface area contributed by atoms with E-state index < -0.39 is 12.0 Å². The van der Waals surface area contributed by atoms with Crippen LogP contribution in [0.15, 0.2) is 16.0 Å². The van der Waals surface area contributed by atoms with Crippen molar-refractivity contribution in [2.45, 2.75) is 38.8 Å². The van der Waals surface area contributed by atoms with Crippen molar-refractivity contribution in [2.75, 3.05) is 25.4 Å². The van der Waals surface area contributed by atoms with Gasteiger partial charge >= 0.3 is 6.09 Å². The van der Waals surface area contributed by atoms with Gasteiger partial charge in [-0.15, -0.1) is 0 Å². The summed E-state index contributed by atoms with van der Waals surface area (Å²) < 4.78 is 4.62. The third-order valence-electron chi connectivity index (χ3n) is 3.20. The Hall–Kier alpha value is -2.36. The van der Waals surface area contributed by atoms with Crippen LogP contribution in [-0.4, -0.2) is 58.2 Å². The number of imide groups is 1. The molecule has 9 nitrogen and oxygen atoms in total. The van der Waals surface area contributed by atoms with Gasteiger partial charge in [0.15, 0.2) is 5.16 Å². The first-order chi connectivity index (χ1) is 12.4. The van der Waals surface area contributed by atoms with Crippen LogP contribution in [0.3, 0.4) is 0 Å². The number of carbonyl (C=O) groups is 3. The van der Waals surface area contributed by atoms with E-state index in [1.54, 1.807) is 13.8 Å². The summed E-state index contributed by atoms with van der Waals surface area (Å²) in [7, 11) is 0. The minimum Gasteiger partial charge on any atom is -0.450 e. The Labute approximate surface area is 155 Å². The molecular weight excluding hydrogens is 360 g/mol. The number of ether oxygens (including phenoxy) is 1. The zero-order valence-electron chi connectivity index (χ0n) is 15.2. The van der Waals surface area contributed by atoms with E-state index in [1.165, 1.54) is 11.0 Å². The van der Waals surface area contributed by atoms with Gasteiger partial charge in [0.1, 0.15) is 6.54 Å². The number of thioether (sulfide) groups is 1. The molecule has 0 spiro atoms. The summed E-state index contributed by atoms with van der Waals surface area (Å²) in [5, 5.41) is 2.40. The third-order valence-corrected chi connectivity index (χ3v) is 4.06. The Morgan fingerprint density at radius 1 is 1.31 bits per heavy atom. The molecule has 3 amide bonds. The molecule has 0 aliphatic carbocycles. The predicted octanol–water partition coefficient (Wildman–Crippen LogP) is 0.936. The summed E-state index contributed by atoms with van der Waals surface area (Å²) in [4.78, 5) is 55.1. The lowest BCUT2D eigenvalue weighted by atomic mass is 10.2. The fourth-order valence-corrected chi connectivity index (χ4v) is 2.82. The first-order valence-electron chi connectivity index (χ1n) is 8.36. The van der Waals surface area contributed by atoms with E-state index in [2.05, 4.69) is 14.7 Å². The second kappa shape index (κ2) is 11.3. The number of nitrogens with zero attached hydrogens (tertiary/aromatic N) is 2. The number of hydrogen-bond acceptors (Lipinski definition) is 7. The average Bonchev–Trinajstić information content (AvgIpc) is 2.57. The molecule has 2 N–H and O–H groups in total. The molecule has 0 aromatic carbocycles. The van der Waals surface area contributed by atoms with Crippen LogP contribution in [0.1, 0.15) is 32.9 Å². The SMILES string of the molecule is CCCc1cc(=O)[nH]c(SCC(=O)N(CC)CC(=O)NC(=O)OCC)n1. The van der Waals surface area contributed by atoms with Gasteiger partial charge in [-0.2, -0.15) is 0 Å². The van der Waals surface area contributed by atoms with Crippen LogP contribution in [0, 0.1) is 0 Å². The highest BCUT2D eigenvalue weighted by molar-refractivity contribution is 7.99. The topological polar surface area (TPSA) is 121 Å². The number of H-pyrrole nitrogens is 1. The van der Waals surface area contributed by atoms with Crippen LogP contribution >= 0.6 is 11.8 Å². The number of nitrogens with one attached hydrogen (secondary N) is 2. The van der Waals surface area contributed by atoms with Gasteiger partial charge in [0, 0.05) is 18.3 Å². The number of alkyl carbamates (subject to hydrolysis) is 1. The summed E-state index contributed by atoms with van der Waals surface area (Å²) >= 11 is 1.09. The molecular formula is C16H24N4O5S. The Morgan fingerprint density at radius 2 is 2.04 bits per heavy atom. The van der Waals surface area contributed by atoms with Crippen molar-refractivity contribution in [1.29, 1.82) is 0 Å². The Bertz CT molecular complexity index is 691. The summed E-state index contributed by atoms with van der Waals surface area (Å²) in [5.74, 6) is -0.917. The maximum atomic E-state index is 12.3. The number of carbonyl (C=O) groups excluding carboxylic acids is 3. The number of amides is 3. The lowest BCUT2D eigenvalue weighted by Crippen LogP contribution is -2.43. The predicted molar refractivity (Wildman–Crippen MR) is 97.0 cm³/mol. The van der Waals surface area contributed by atoms with E-state index in [9.17, 15) is 19.2 Å². The fourth-order valence-electron chi connectivity index (χ4n) is 2.03. The van der Waals surface area contributed by atoms with Crippen LogP contribution in [-0.2, 0) is 20.7 Å². The Balaban J connectivity index is 2.60. The maximum Gasteiger partial charge on any atom is 0.413 e. The van der Waals surface area contributed by atoms with Gasteiger partial charge < -0.3 is 14.6 Å². The lowest BCUT2D eigenvalue weighted by molar-refractivity contribution is -0.133. The van der Waals surface area contributed by atoms with Crippen LogP contribution in [0.4, 0.5) is 4.79 Å². The highest BCUT2D eigenvalue weighted by atomic mass is 32.2. The van der Waals surface area contributed by atoms with Gasteiger partial charge in [0.2, 0.25) is 11.8 Å². The highest BCUT2D eigenvalue weighted by Crippen LogP contribution is 2.13. The van der Waals surface area contributed by atoms with Gasteiger partial charge in [-0.1, -0.05) is 25.1 Å². The summed E-state index contributed by atoms with van der Waals surface area (Å²) in [5.41, 5.74) is 0.409. The number of rotatable bonds is 9. The third kappa shape index (κ3) is 7.68. The van der Waals surface area contributed by atoms with Gasteiger partial charge in [-0.25, -0.2) is 9.78 Å². The highest BCUT2D eigenvalue weighted by Gasteiger charge is 2.18. The summed E-state index contributed by atoms with van der Waals surface area (Å²) in [6.45, 7) is 5.53. The summed E-state index contributed by atoms with van der Waals surface area (Å²) in [6.07, 6.45) is 0.698. The van der Waals surface area contributed by atoms with E-state index in [-0.39, 0.29) is 30.4 Å². The molecule has 144 valence electrons. The largest absolute Gasteiger partial charge is 0.450 e. The lowest BCUT2D eigenvalue weighted by Gasteiger charge is -2.19. The van der Waals surface area contributed by atoms with Gasteiger partial charge in [-0.3, -0.25) is 19.7 Å². The van der Waals surface area contributed by atoms with E-state index in [1.807, 2.05) is 12.2 Å². The molecule has 0 saturated carbocycles. The standard InChI is InChI=1S/C16H24N4O5S/c1-4-7-11-8-12(21)18-15(17-11)26-10-14(23)20(5-2)9-13(22)19-16(24)25-6-3/h8H,4-7,9-10H2,1-3H3,(H,17,18,21)(H,19,22,24). The number of likely N-dealkylation sites (N-methyl/N-ethyl adjacent to an activating group) is 1. The number of aromatic nitrogens is 2. The minimum absolute atomic E-state index is 0.0129. The normalized spacial score (nSPS) is 10.3. The molecule has 0 fully saturated rings. The number of aryl methyl sites for hydroxylation is 1. The molecule has 26 heavy (non-hydrogen) atoms. The van der Waals surface area contributed by atoms with E-state index in [0.717, 1.165) is 18.2 Å². The molecule has 0 aliphatic rings. The molecule has 0 bridgehead atoms. The molecule has 10 heteroatoms. The molecule has 1 aromatic heterocycles. The molecule has 0 aliphatic heterocycles. The van der Waals surface area contributed by atoms with Crippen molar-refractivity contribution < 1.29 is 19.1 Å². The Kier molecular flexibility index (Phi) is 9.42. The number of hydrogen-bond donors (Lipinski definition) is 2. The van der Waals surface area contributed by atoms with Crippen molar-refractivity contribution in [1.82, 2.24) is 20.2 Å². The monoisotopic (exact) mass is 384 g/mol. The van der Waals surface area contributed by atoms with Gasteiger partial charge in [0.05, 0.1) is 12.4 Å². The zero-order chi connectivity index (χ0) is 19.5. The van der Waals surface area contributed by atoms with E-state index in [4.69, 9.17) is 0 Å². The van der Waals surface area contributed by atoms with E-state index >= 15 is 0 Å². The molecule has 0 saturated heterocycles. The second-order valence-corrected chi connectivity index (χ2v) is 6.22. The van der Waals surface area contributed by atoms with Crippen LogP contribution in [0.5, 0.6) is 0 Å². The quantitative estimate of drug-likeness (QED) is 0.480. The van der Waals surface area contributed by atoms with Gasteiger partial charge in [-0.05, 0) is 20.3 Å². The van der Waals surface area contributed by atoms with Crippen LogP contribution in [0.2, 0.25) is 0 Å². The fraction of sp³-hybridized carbons (Fsp3) is 0.562. The Morgan fingerprint density at radius 3 is 2.65 bits per heavy atom. The van der Waals surface area contributed by atoms with Crippen molar-refractivity contribution in [3.8, 4) is 0 Å². The number of aromatic amines is 1. The van der Waals surface area contributed by atoms with Crippen molar-refractivity contribution in [3.63, 3.8) is 0 Å². The van der Waals surface area contributed by atoms with Gasteiger partial charge in [0.25, 0.3) is 5.56 Å². The first kappa shape index (κ1) is 21.7. The molecule has 1 aromatic rings. The van der Waals surface area contributed by atoms with E-state index in [0.29, 0.717) is 23.8 Å². The second-order valence-electron chi connectivity index (χ2n) is 5.26. The molecule has 0 radical (unpaired) electrons. The molecule has 0 atom stereocenters. The average molecular weight is 384 g/mol. The zero-order valence-corrected chi connectivity index (χ0v) is 16.0. The van der Waals surface area contributed by atoms with Crippen LogP contribution in [0.25, 0.3) is 0 Å². The van der Waals surface area contributed by atoms with Crippen molar-refractivity contribution in [2.24, 2.45) is 0 Å². The minimum atomic E-state index is -0.843. The maximum absolute atomic E-state index is 12.3. The van der Waals surface area contributed by atoms with Crippen molar-refractivity contribution in [3.05, 3.63) is 22.1 Å².